The summed E-state index contributed by atoms with van der Waals surface area (Å²) in [6.07, 6.45) is 0.501. The number of benzene rings is 2. The Bertz CT molecular complexity index is 1120. The predicted octanol–water partition coefficient (Wildman–Crippen LogP) is 5.99. The van der Waals surface area contributed by atoms with E-state index < -0.39 is 46.9 Å². The number of rotatable bonds is 3. The molecule has 0 aromatic heterocycles. The van der Waals surface area contributed by atoms with E-state index in [4.69, 9.17) is 33.7 Å². The third-order valence-electron chi connectivity index (χ3n) is 6.72. The number of halogens is 4. The molecule has 0 unspecified atom stereocenters. The molecule has 2 heterocycles. The summed E-state index contributed by atoms with van der Waals surface area (Å²) in [7, 11) is 0. The Morgan fingerprint density at radius 3 is 2.39 bits per heavy atom. The first-order valence-corrected chi connectivity index (χ1v) is 11.6. The Balaban J connectivity index is 2.06. The molecule has 0 amide bonds. The molecule has 0 saturated carbocycles. The Morgan fingerprint density at radius 1 is 1.12 bits per heavy atom. The number of nitrogens with zero attached hydrogens (tertiary/aromatic N) is 1. The van der Waals surface area contributed by atoms with Crippen LogP contribution in [-0.2, 0) is 15.1 Å². The van der Waals surface area contributed by atoms with Gasteiger partial charge in [0, 0.05) is 22.5 Å². The fraction of sp³-hybridized carbons (Fsp3) is 0.480. The van der Waals surface area contributed by atoms with Gasteiger partial charge in [-0.1, -0.05) is 56.1 Å². The van der Waals surface area contributed by atoms with E-state index in [-0.39, 0.29) is 16.0 Å². The van der Waals surface area contributed by atoms with Crippen molar-refractivity contribution in [3.8, 4) is 0 Å². The number of ether oxygens (including phenoxy) is 1. The lowest BCUT2D eigenvalue weighted by Crippen LogP contribution is -2.56. The van der Waals surface area contributed by atoms with Crippen LogP contribution in [0.4, 0.5) is 8.78 Å². The van der Waals surface area contributed by atoms with Gasteiger partial charge in [-0.3, -0.25) is 4.79 Å². The highest BCUT2D eigenvalue weighted by atomic mass is 35.5. The molecule has 8 heteroatoms. The molecule has 4 rings (SSSR count). The molecule has 2 aliphatic heterocycles. The van der Waals surface area contributed by atoms with Crippen LogP contribution in [0.2, 0.25) is 10.0 Å². The minimum absolute atomic E-state index is 0.0263. The topological polar surface area (TPSA) is 55.6 Å². The van der Waals surface area contributed by atoms with Gasteiger partial charge in [0.15, 0.2) is 5.72 Å². The second kappa shape index (κ2) is 7.91. The summed E-state index contributed by atoms with van der Waals surface area (Å²) in [5, 5.41) is 0.124. The smallest absolute Gasteiger partial charge is 0.325 e. The second-order valence-corrected chi connectivity index (χ2v) is 11.6. The van der Waals surface area contributed by atoms with Crippen LogP contribution in [-0.4, -0.2) is 28.7 Å². The number of cyclic esters (lactones) is 1. The van der Waals surface area contributed by atoms with Crippen molar-refractivity contribution in [2.24, 2.45) is 11.1 Å². The SMILES string of the molecule is CC(C)(C)C[C@@H]1N2[C@@H](C(=O)OC2(C)C)[C@H](c2cccc(Cl)c2)[C@@]1(N)c1cc(F)c(Cl)cc1F. The van der Waals surface area contributed by atoms with Gasteiger partial charge in [0.2, 0.25) is 0 Å². The van der Waals surface area contributed by atoms with E-state index in [0.29, 0.717) is 17.0 Å². The maximum atomic E-state index is 15.5. The number of nitrogens with two attached hydrogens (primary N) is 1. The summed E-state index contributed by atoms with van der Waals surface area (Å²) < 4.78 is 35.9. The maximum Gasteiger partial charge on any atom is 0.325 e. The fourth-order valence-electron chi connectivity index (χ4n) is 5.58. The van der Waals surface area contributed by atoms with E-state index in [9.17, 15) is 9.18 Å². The Hall–Kier alpha value is -1.73. The van der Waals surface area contributed by atoms with Crippen LogP contribution in [0.25, 0.3) is 0 Å². The van der Waals surface area contributed by atoms with Crippen LogP contribution in [0.5, 0.6) is 0 Å². The van der Waals surface area contributed by atoms with Gasteiger partial charge < -0.3 is 10.5 Å². The van der Waals surface area contributed by atoms with Gasteiger partial charge in [-0.05, 0) is 55.5 Å². The van der Waals surface area contributed by atoms with Crippen LogP contribution in [0.15, 0.2) is 36.4 Å². The Kier molecular flexibility index (Phi) is 5.85. The molecule has 2 aliphatic rings. The van der Waals surface area contributed by atoms with E-state index in [1.807, 2.05) is 25.7 Å². The van der Waals surface area contributed by atoms with Gasteiger partial charge >= 0.3 is 5.97 Å². The van der Waals surface area contributed by atoms with Gasteiger partial charge in [-0.2, -0.15) is 0 Å². The summed E-state index contributed by atoms with van der Waals surface area (Å²) in [5.41, 5.74) is 5.13. The molecular weight excluding hydrogens is 469 g/mol. The largest absolute Gasteiger partial charge is 0.443 e. The monoisotopic (exact) mass is 496 g/mol. The molecule has 0 spiro atoms. The number of carbonyl (C=O) groups excluding carboxylic acids is 1. The molecular formula is C25H28Cl2F2N2O2. The van der Waals surface area contributed by atoms with Crippen LogP contribution < -0.4 is 5.73 Å². The quantitative estimate of drug-likeness (QED) is 0.418. The fourth-order valence-corrected chi connectivity index (χ4v) is 5.93. The van der Waals surface area contributed by atoms with Gasteiger partial charge in [-0.25, -0.2) is 13.7 Å². The van der Waals surface area contributed by atoms with Crippen molar-refractivity contribution in [1.82, 2.24) is 4.90 Å². The lowest BCUT2D eigenvalue weighted by molar-refractivity contribution is -0.152. The van der Waals surface area contributed by atoms with E-state index in [0.717, 1.165) is 12.1 Å². The van der Waals surface area contributed by atoms with Gasteiger partial charge in [0.05, 0.1) is 10.6 Å². The first-order valence-electron chi connectivity index (χ1n) is 10.9. The Labute approximate surface area is 203 Å². The minimum Gasteiger partial charge on any atom is -0.443 e. The summed E-state index contributed by atoms with van der Waals surface area (Å²) >= 11 is 12.2. The van der Waals surface area contributed by atoms with Crippen molar-refractivity contribution in [1.29, 1.82) is 0 Å². The normalized spacial score (nSPS) is 29.3. The van der Waals surface area contributed by atoms with Crippen molar-refractivity contribution in [2.45, 2.75) is 70.3 Å². The highest BCUT2D eigenvalue weighted by molar-refractivity contribution is 6.31. The van der Waals surface area contributed by atoms with Gasteiger partial charge in [0.25, 0.3) is 0 Å². The molecule has 0 aliphatic carbocycles. The van der Waals surface area contributed by atoms with E-state index in [1.54, 1.807) is 38.1 Å². The first-order chi connectivity index (χ1) is 15.2. The summed E-state index contributed by atoms with van der Waals surface area (Å²) in [6.45, 7) is 9.71. The highest BCUT2D eigenvalue weighted by Gasteiger charge is 2.69. The number of esters is 1. The van der Waals surface area contributed by atoms with Crippen molar-refractivity contribution in [3.05, 3.63) is 69.2 Å². The molecule has 4 nitrogen and oxygen atoms in total. The summed E-state index contributed by atoms with van der Waals surface area (Å²) in [5.74, 6) is -2.69. The number of carbonyl (C=O) groups is 1. The first kappa shape index (κ1) is 24.4. The van der Waals surface area contributed by atoms with Crippen molar-refractivity contribution in [3.63, 3.8) is 0 Å². The second-order valence-electron chi connectivity index (χ2n) is 10.7. The van der Waals surface area contributed by atoms with Crippen LogP contribution in [0, 0.1) is 17.0 Å². The zero-order valence-corrected chi connectivity index (χ0v) is 20.8. The Morgan fingerprint density at radius 2 is 1.79 bits per heavy atom. The minimum atomic E-state index is -1.48. The number of hydrogen-bond acceptors (Lipinski definition) is 4. The zero-order valence-electron chi connectivity index (χ0n) is 19.3. The molecule has 33 heavy (non-hydrogen) atoms. The third kappa shape index (κ3) is 3.95. The van der Waals surface area contributed by atoms with Gasteiger partial charge in [-0.15, -0.1) is 0 Å². The van der Waals surface area contributed by atoms with E-state index in [1.165, 1.54) is 0 Å². The molecule has 178 valence electrons. The summed E-state index contributed by atoms with van der Waals surface area (Å²) in [4.78, 5) is 15.2. The third-order valence-corrected chi connectivity index (χ3v) is 7.25. The molecule has 4 atom stereocenters. The van der Waals surface area contributed by atoms with E-state index >= 15 is 4.39 Å². The van der Waals surface area contributed by atoms with Crippen LogP contribution in [0.1, 0.15) is 58.1 Å². The summed E-state index contributed by atoms with van der Waals surface area (Å²) in [6, 6.07) is 7.64. The standard InChI is InChI=1S/C25H28Cl2F2N2O2/c1-23(2,3)12-19-25(30,15-10-18(29)16(27)11-17(15)28)20(13-7-6-8-14(26)9-13)21-22(32)33-24(4,5)31(19)21/h6-11,19-21H,12,30H2,1-5H3/t19-,20-,21+,25+/m0/s1. The predicted molar refractivity (Wildman–Crippen MR) is 125 cm³/mol. The lowest BCUT2D eigenvalue weighted by Gasteiger charge is -2.44. The van der Waals surface area contributed by atoms with Gasteiger partial charge in [0.1, 0.15) is 17.7 Å². The molecule has 2 saturated heterocycles. The zero-order chi connectivity index (χ0) is 24.5. The molecule has 0 radical (unpaired) electrons. The maximum absolute atomic E-state index is 15.5. The molecule has 2 fully saturated rings. The molecule has 0 bridgehead atoms. The molecule has 2 N–H and O–H groups in total. The highest BCUT2D eigenvalue weighted by Crippen LogP contribution is 2.58. The van der Waals surface area contributed by atoms with Crippen LogP contribution in [0.3, 0.4) is 0 Å². The number of fused-ring (bicyclic) bond motifs is 1. The van der Waals surface area contributed by atoms with Crippen molar-refractivity contribution in [2.75, 3.05) is 0 Å². The van der Waals surface area contributed by atoms with Crippen molar-refractivity contribution < 1.29 is 18.3 Å². The number of hydrogen-bond donors (Lipinski definition) is 1. The molecule has 2 aromatic rings. The average molecular weight is 497 g/mol. The lowest BCUT2D eigenvalue weighted by atomic mass is 9.68. The average Bonchev–Trinajstić information content (AvgIpc) is 3.06. The molecule has 2 aromatic carbocycles. The van der Waals surface area contributed by atoms with Crippen LogP contribution >= 0.6 is 23.2 Å². The van der Waals surface area contributed by atoms with Crippen molar-refractivity contribution >= 4 is 29.2 Å². The van der Waals surface area contributed by atoms with E-state index in [2.05, 4.69) is 0 Å².